The van der Waals surface area contributed by atoms with E-state index >= 15 is 0 Å². The SMILES string of the molecule is CC1OC(=S)O[C@@]1(C)C1[C@@H](COC(=O)c2ccccc2)[C@H]2[C@@H](C[C@@H]1C)[C@@H](C)CC[C@@H]2C. The molecular formula is C26H36O4S. The first-order valence-electron chi connectivity index (χ1n) is 11.8. The first kappa shape index (κ1) is 22.6. The van der Waals surface area contributed by atoms with Crippen LogP contribution in [0, 0.1) is 41.4 Å². The van der Waals surface area contributed by atoms with Crippen molar-refractivity contribution in [3.8, 4) is 0 Å². The third kappa shape index (κ3) is 4.10. The Morgan fingerprint density at radius 2 is 1.77 bits per heavy atom. The molecule has 4 rings (SSSR count). The number of thiocarbonyl (C=S) groups is 1. The maximum atomic E-state index is 12.8. The van der Waals surface area contributed by atoms with Crippen LogP contribution in [0.2, 0.25) is 0 Å². The summed E-state index contributed by atoms with van der Waals surface area (Å²) >= 11 is 5.29. The molecule has 0 bridgehead atoms. The fourth-order valence-corrected chi connectivity index (χ4v) is 7.35. The number of rotatable bonds is 4. The highest BCUT2D eigenvalue weighted by atomic mass is 32.1. The van der Waals surface area contributed by atoms with E-state index in [9.17, 15) is 4.79 Å². The molecule has 3 fully saturated rings. The summed E-state index contributed by atoms with van der Waals surface area (Å²) in [6.45, 7) is 11.7. The Labute approximate surface area is 192 Å². The summed E-state index contributed by atoms with van der Waals surface area (Å²) in [4.78, 5) is 12.8. The number of carbonyl (C=O) groups excluding carboxylic acids is 1. The van der Waals surface area contributed by atoms with Crippen LogP contribution in [0.25, 0.3) is 0 Å². The van der Waals surface area contributed by atoms with Crippen LogP contribution >= 0.6 is 12.2 Å². The average molecular weight is 445 g/mol. The van der Waals surface area contributed by atoms with E-state index in [1.54, 1.807) is 0 Å². The van der Waals surface area contributed by atoms with Crippen molar-refractivity contribution in [3.63, 3.8) is 0 Å². The Hall–Kier alpha value is -1.62. The first-order chi connectivity index (χ1) is 14.7. The Morgan fingerprint density at radius 3 is 2.42 bits per heavy atom. The molecule has 1 aliphatic heterocycles. The van der Waals surface area contributed by atoms with Crippen LogP contribution < -0.4 is 0 Å². The van der Waals surface area contributed by atoms with Crippen molar-refractivity contribution in [2.45, 2.75) is 65.6 Å². The van der Waals surface area contributed by atoms with Crippen LogP contribution in [-0.4, -0.2) is 29.5 Å². The Balaban J connectivity index is 1.65. The van der Waals surface area contributed by atoms with Crippen LogP contribution in [0.15, 0.2) is 30.3 Å². The van der Waals surface area contributed by atoms with Crippen molar-refractivity contribution in [1.29, 1.82) is 0 Å². The zero-order valence-electron chi connectivity index (χ0n) is 19.4. The number of benzene rings is 1. The van der Waals surface area contributed by atoms with Gasteiger partial charge in [0.2, 0.25) is 0 Å². The molecule has 0 spiro atoms. The summed E-state index contributed by atoms with van der Waals surface area (Å²) in [5, 5.41) is 0.245. The third-order valence-corrected chi connectivity index (χ3v) is 8.81. The van der Waals surface area contributed by atoms with Crippen molar-refractivity contribution in [3.05, 3.63) is 35.9 Å². The highest BCUT2D eigenvalue weighted by Gasteiger charge is 2.59. The van der Waals surface area contributed by atoms with Gasteiger partial charge in [-0.1, -0.05) is 51.8 Å². The molecule has 1 heterocycles. The number of hydrogen-bond donors (Lipinski definition) is 0. The molecule has 170 valence electrons. The van der Waals surface area contributed by atoms with E-state index in [1.807, 2.05) is 30.3 Å². The third-order valence-electron chi connectivity index (χ3n) is 8.63. The number of ether oxygens (including phenoxy) is 3. The van der Waals surface area contributed by atoms with Gasteiger partial charge in [0, 0.05) is 24.1 Å². The molecule has 5 heteroatoms. The second kappa shape index (κ2) is 8.73. The van der Waals surface area contributed by atoms with Gasteiger partial charge in [-0.15, -0.1) is 0 Å². The molecule has 0 radical (unpaired) electrons. The van der Waals surface area contributed by atoms with Crippen molar-refractivity contribution in [2.75, 3.05) is 6.61 Å². The highest BCUT2D eigenvalue weighted by Crippen LogP contribution is 2.57. The van der Waals surface area contributed by atoms with Gasteiger partial charge in [0.15, 0.2) is 5.60 Å². The minimum Gasteiger partial charge on any atom is -0.462 e. The largest absolute Gasteiger partial charge is 0.462 e. The molecule has 4 nitrogen and oxygen atoms in total. The average Bonchev–Trinajstić information content (AvgIpc) is 3.00. The summed E-state index contributed by atoms with van der Waals surface area (Å²) < 4.78 is 18.0. The molecule has 1 saturated heterocycles. The Bertz CT molecular complexity index is 811. The van der Waals surface area contributed by atoms with E-state index in [0.29, 0.717) is 41.8 Å². The van der Waals surface area contributed by atoms with Gasteiger partial charge in [0.1, 0.15) is 6.10 Å². The van der Waals surface area contributed by atoms with Crippen LogP contribution in [0.1, 0.15) is 64.2 Å². The van der Waals surface area contributed by atoms with Crippen molar-refractivity contribution in [2.24, 2.45) is 41.4 Å². The summed E-state index contributed by atoms with van der Waals surface area (Å²) in [5.41, 5.74) is 0.0943. The molecule has 2 unspecified atom stereocenters. The Morgan fingerprint density at radius 1 is 1.10 bits per heavy atom. The number of fused-ring (bicyclic) bond motifs is 1. The topological polar surface area (TPSA) is 44.8 Å². The lowest BCUT2D eigenvalue weighted by Gasteiger charge is -2.56. The van der Waals surface area contributed by atoms with Crippen LogP contribution in [0.5, 0.6) is 0 Å². The normalized spacial score (nSPS) is 42.3. The van der Waals surface area contributed by atoms with Crippen LogP contribution in [-0.2, 0) is 14.2 Å². The zero-order valence-corrected chi connectivity index (χ0v) is 20.2. The van der Waals surface area contributed by atoms with Crippen molar-refractivity contribution >= 4 is 23.4 Å². The van der Waals surface area contributed by atoms with E-state index in [2.05, 4.69) is 34.6 Å². The van der Waals surface area contributed by atoms with Crippen molar-refractivity contribution in [1.82, 2.24) is 0 Å². The molecule has 9 atom stereocenters. The van der Waals surface area contributed by atoms with Gasteiger partial charge >= 0.3 is 11.2 Å². The van der Waals surface area contributed by atoms with E-state index in [-0.39, 0.29) is 29.1 Å². The predicted octanol–water partition coefficient (Wildman–Crippen LogP) is 5.89. The van der Waals surface area contributed by atoms with Gasteiger partial charge in [-0.3, -0.25) is 0 Å². The minimum absolute atomic E-state index is 0.118. The molecule has 1 aromatic carbocycles. The van der Waals surface area contributed by atoms with E-state index in [1.165, 1.54) is 19.3 Å². The molecular weight excluding hydrogens is 408 g/mol. The summed E-state index contributed by atoms with van der Waals surface area (Å²) in [5.74, 6) is 3.08. The van der Waals surface area contributed by atoms with Gasteiger partial charge in [0.05, 0.1) is 12.2 Å². The molecule has 0 N–H and O–H groups in total. The molecule has 2 saturated carbocycles. The first-order valence-corrected chi connectivity index (χ1v) is 12.2. The van der Waals surface area contributed by atoms with Gasteiger partial charge in [-0.2, -0.15) is 0 Å². The monoisotopic (exact) mass is 444 g/mol. The van der Waals surface area contributed by atoms with E-state index in [4.69, 9.17) is 26.4 Å². The standard InChI is InChI=1S/C26H36O4S/c1-15-11-12-16(2)22-20(15)13-17(3)23(26(5)18(4)29-25(31)30-26)21(22)14-28-24(27)19-9-7-6-8-10-19/h6-10,15-18,20-23H,11-14H2,1-5H3/t15-,16-,17-,18?,20-,21-,22+,23?,26+/m0/s1. The number of esters is 1. The van der Waals surface area contributed by atoms with E-state index < -0.39 is 5.60 Å². The summed E-state index contributed by atoms with van der Waals surface area (Å²) in [6, 6.07) is 9.28. The number of carbonyl (C=O) groups is 1. The molecule has 0 aromatic heterocycles. The Kier molecular flexibility index (Phi) is 6.35. The van der Waals surface area contributed by atoms with E-state index in [0.717, 1.165) is 0 Å². The van der Waals surface area contributed by atoms with Crippen LogP contribution in [0.3, 0.4) is 0 Å². The maximum absolute atomic E-state index is 12.8. The van der Waals surface area contributed by atoms with Gasteiger partial charge in [0.25, 0.3) is 0 Å². The lowest BCUT2D eigenvalue weighted by atomic mass is 9.50. The molecule has 3 aliphatic rings. The van der Waals surface area contributed by atoms with Gasteiger partial charge in [-0.05, 0) is 62.0 Å². The fourth-order valence-electron chi connectivity index (χ4n) is 7.02. The van der Waals surface area contributed by atoms with Gasteiger partial charge in [-0.25, -0.2) is 4.79 Å². The molecule has 0 amide bonds. The maximum Gasteiger partial charge on any atom is 0.353 e. The zero-order chi connectivity index (χ0) is 22.3. The number of hydrogen-bond acceptors (Lipinski definition) is 5. The molecule has 31 heavy (non-hydrogen) atoms. The highest BCUT2D eigenvalue weighted by molar-refractivity contribution is 7.79. The quantitative estimate of drug-likeness (QED) is 0.428. The second-order valence-corrected chi connectivity index (χ2v) is 10.8. The summed E-state index contributed by atoms with van der Waals surface area (Å²) in [6.07, 6.45) is 3.58. The van der Waals surface area contributed by atoms with Crippen molar-refractivity contribution < 1.29 is 19.0 Å². The van der Waals surface area contributed by atoms with Gasteiger partial charge < -0.3 is 14.2 Å². The molecule has 1 aromatic rings. The second-order valence-electron chi connectivity index (χ2n) is 10.4. The minimum atomic E-state index is -0.508. The fraction of sp³-hybridized carbons (Fsp3) is 0.692. The summed E-state index contributed by atoms with van der Waals surface area (Å²) in [7, 11) is 0. The smallest absolute Gasteiger partial charge is 0.353 e. The van der Waals surface area contributed by atoms with Crippen LogP contribution in [0.4, 0.5) is 0 Å². The predicted molar refractivity (Wildman–Crippen MR) is 125 cm³/mol. The molecule has 2 aliphatic carbocycles. The lowest BCUT2D eigenvalue weighted by molar-refractivity contribution is -0.135. The lowest BCUT2D eigenvalue weighted by Crippen LogP contribution is -2.57.